The molecular weight excluding hydrogens is 470 g/mol. The quantitative estimate of drug-likeness (QED) is 0.300. The zero-order valence-electron chi connectivity index (χ0n) is 19.3. The number of nitrogens with zero attached hydrogens (tertiary/aromatic N) is 4. The van der Waals surface area contributed by atoms with E-state index in [0.29, 0.717) is 29.0 Å². The van der Waals surface area contributed by atoms with Crippen molar-refractivity contribution in [2.24, 2.45) is 0 Å². The number of carbonyl (C=O) groups excluding carboxylic acids is 2. The van der Waals surface area contributed by atoms with E-state index in [1.165, 1.54) is 24.3 Å². The number of amides is 2. The van der Waals surface area contributed by atoms with Crippen molar-refractivity contribution in [1.29, 1.82) is 0 Å². The molecule has 0 atom stereocenters. The van der Waals surface area contributed by atoms with Crippen LogP contribution in [0.3, 0.4) is 0 Å². The predicted molar refractivity (Wildman–Crippen MR) is 131 cm³/mol. The number of hydrogen-bond donors (Lipinski definition) is 3. The van der Waals surface area contributed by atoms with Crippen molar-refractivity contribution < 1.29 is 18.0 Å². The number of benzene rings is 1. The summed E-state index contributed by atoms with van der Waals surface area (Å²) in [4.78, 5) is 37.8. The molecule has 11 nitrogen and oxygen atoms in total. The maximum absolute atomic E-state index is 12.6. The second-order valence-corrected chi connectivity index (χ2v) is 9.74. The molecule has 0 saturated carbocycles. The van der Waals surface area contributed by atoms with Gasteiger partial charge < -0.3 is 10.6 Å². The van der Waals surface area contributed by atoms with Crippen molar-refractivity contribution in [1.82, 2.24) is 19.7 Å². The van der Waals surface area contributed by atoms with E-state index in [1.54, 1.807) is 19.2 Å². The maximum atomic E-state index is 12.6. The number of carbonyl (C=O) groups is 2. The topological polar surface area (TPSA) is 146 Å². The lowest BCUT2D eigenvalue weighted by atomic mass is 10.3. The molecule has 0 aliphatic carbocycles. The van der Waals surface area contributed by atoms with Crippen LogP contribution >= 0.6 is 0 Å². The molecule has 3 aromatic rings. The second kappa shape index (κ2) is 10.2. The van der Waals surface area contributed by atoms with Gasteiger partial charge in [-0.3, -0.25) is 14.5 Å². The van der Waals surface area contributed by atoms with E-state index in [-0.39, 0.29) is 42.6 Å². The lowest BCUT2D eigenvalue weighted by Crippen LogP contribution is -2.30. The number of nitrogens with one attached hydrogen (secondary N) is 3. The largest absolute Gasteiger partial charge is 0.369 e. The molecule has 1 aliphatic rings. The van der Waals surface area contributed by atoms with Crippen LogP contribution in [0.1, 0.15) is 24.2 Å². The number of hydrogen-bond acceptors (Lipinski definition) is 9. The van der Waals surface area contributed by atoms with Crippen LogP contribution in [0.5, 0.6) is 0 Å². The van der Waals surface area contributed by atoms with Crippen LogP contribution < -0.4 is 20.3 Å². The number of rotatable bonds is 9. The number of aryl methyl sites for hydroxylation is 2. The monoisotopic (exact) mass is 495 g/mol. The van der Waals surface area contributed by atoms with Crippen LogP contribution in [0, 0.1) is 13.8 Å². The highest BCUT2D eigenvalue weighted by Crippen LogP contribution is 2.24. The first-order valence-electron chi connectivity index (χ1n) is 11.0. The van der Waals surface area contributed by atoms with Gasteiger partial charge >= 0.3 is 0 Å². The van der Waals surface area contributed by atoms with Crippen LogP contribution in [0.25, 0.3) is 0 Å². The summed E-state index contributed by atoms with van der Waals surface area (Å²) in [6.45, 7) is 4.12. The van der Waals surface area contributed by atoms with Gasteiger partial charge in [-0.05, 0) is 55.8 Å². The van der Waals surface area contributed by atoms with Crippen molar-refractivity contribution in [2.75, 3.05) is 28.6 Å². The Morgan fingerprint density at radius 3 is 2.26 bits per heavy atom. The SMILES string of the molecule is Cc1ccnc(Nc2cc(NCCNS(=O)(=O)c3ccc(N4C(=O)CCC4=O)cc3)nc(C)n2)c1. The Bertz CT molecular complexity index is 1340. The maximum Gasteiger partial charge on any atom is 0.240 e. The Balaban J connectivity index is 1.33. The molecule has 0 unspecified atom stereocenters. The third kappa shape index (κ3) is 5.97. The summed E-state index contributed by atoms with van der Waals surface area (Å²) in [7, 11) is -3.77. The van der Waals surface area contributed by atoms with Crippen molar-refractivity contribution in [2.45, 2.75) is 31.6 Å². The summed E-state index contributed by atoms with van der Waals surface area (Å²) in [5.74, 6) is 1.73. The van der Waals surface area contributed by atoms with E-state index in [1.807, 2.05) is 19.1 Å². The van der Waals surface area contributed by atoms with E-state index in [9.17, 15) is 18.0 Å². The lowest BCUT2D eigenvalue weighted by molar-refractivity contribution is -0.121. The zero-order valence-corrected chi connectivity index (χ0v) is 20.1. The molecule has 1 saturated heterocycles. The zero-order chi connectivity index (χ0) is 25.0. The Kier molecular flexibility index (Phi) is 7.03. The van der Waals surface area contributed by atoms with Crippen LogP contribution in [0.15, 0.2) is 53.6 Å². The van der Waals surface area contributed by atoms with Gasteiger partial charge in [0.25, 0.3) is 0 Å². The van der Waals surface area contributed by atoms with Crippen LogP contribution in [-0.4, -0.2) is 48.3 Å². The first kappa shape index (κ1) is 24.2. The van der Waals surface area contributed by atoms with E-state index in [0.717, 1.165) is 10.5 Å². The van der Waals surface area contributed by atoms with E-state index < -0.39 is 10.0 Å². The molecule has 1 aliphatic heterocycles. The van der Waals surface area contributed by atoms with Crippen molar-refractivity contribution in [3.05, 3.63) is 60.0 Å². The number of pyridine rings is 1. The highest BCUT2D eigenvalue weighted by molar-refractivity contribution is 7.89. The van der Waals surface area contributed by atoms with E-state index >= 15 is 0 Å². The van der Waals surface area contributed by atoms with Gasteiger partial charge in [-0.1, -0.05) is 0 Å². The van der Waals surface area contributed by atoms with Crippen molar-refractivity contribution >= 4 is 45.0 Å². The van der Waals surface area contributed by atoms with Gasteiger partial charge in [0.05, 0.1) is 10.6 Å². The van der Waals surface area contributed by atoms with Crippen molar-refractivity contribution in [3.63, 3.8) is 0 Å². The Morgan fingerprint density at radius 2 is 1.57 bits per heavy atom. The summed E-state index contributed by atoms with van der Waals surface area (Å²) in [5.41, 5.74) is 1.43. The Hall–Kier alpha value is -3.90. The minimum absolute atomic E-state index is 0.0374. The normalized spacial score (nSPS) is 13.8. The van der Waals surface area contributed by atoms with Gasteiger partial charge in [0, 0.05) is 38.2 Å². The van der Waals surface area contributed by atoms with Crippen LogP contribution in [-0.2, 0) is 19.6 Å². The molecule has 0 bridgehead atoms. The third-order valence-corrected chi connectivity index (χ3v) is 6.67. The molecule has 1 aromatic carbocycles. The number of aromatic nitrogens is 3. The van der Waals surface area contributed by atoms with E-state index in [4.69, 9.17) is 0 Å². The van der Waals surface area contributed by atoms with Gasteiger partial charge in [0.2, 0.25) is 21.8 Å². The second-order valence-electron chi connectivity index (χ2n) is 7.97. The number of anilines is 4. The molecule has 2 amide bonds. The fourth-order valence-corrected chi connectivity index (χ4v) is 4.59. The van der Waals surface area contributed by atoms with Gasteiger partial charge in [-0.15, -0.1) is 0 Å². The Labute approximate surface area is 203 Å². The average Bonchev–Trinajstić information content (AvgIpc) is 3.14. The summed E-state index contributed by atoms with van der Waals surface area (Å²) >= 11 is 0. The summed E-state index contributed by atoms with van der Waals surface area (Å²) in [6, 6.07) is 11.2. The smallest absolute Gasteiger partial charge is 0.240 e. The molecular formula is C23H25N7O4S. The van der Waals surface area contributed by atoms with Gasteiger partial charge in [0.1, 0.15) is 23.3 Å². The van der Waals surface area contributed by atoms with Gasteiger partial charge in [-0.2, -0.15) is 0 Å². The fraction of sp³-hybridized carbons (Fsp3) is 0.261. The van der Waals surface area contributed by atoms with Gasteiger partial charge in [0.15, 0.2) is 0 Å². The molecule has 12 heteroatoms. The van der Waals surface area contributed by atoms with E-state index in [2.05, 4.69) is 30.3 Å². The standard InChI is InChI=1S/C23H25N7O4S/c1-15-9-10-24-19(13-15)29-21-14-20(27-16(2)28-21)25-11-12-26-35(33,34)18-5-3-17(4-6-18)30-22(31)7-8-23(30)32/h3-6,9-10,13-14,26H,7-8,11-12H2,1-2H3,(H2,24,25,27,28,29). The predicted octanol–water partition coefficient (Wildman–Crippen LogP) is 2.28. The Morgan fingerprint density at radius 1 is 0.886 bits per heavy atom. The van der Waals surface area contributed by atoms with Crippen LogP contribution in [0.2, 0.25) is 0 Å². The molecule has 35 heavy (non-hydrogen) atoms. The molecule has 4 rings (SSSR count). The first-order chi connectivity index (χ1) is 16.7. The molecule has 1 fully saturated rings. The molecule has 0 radical (unpaired) electrons. The highest BCUT2D eigenvalue weighted by atomic mass is 32.2. The fourth-order valence-electron chi connectivity index (χ4n) is 3.56. The summed E-state index contributed by atoms with van der Waals surface area (Å²) in [5, 5.41) is 6.22. The molecule has 3 N–H and O–H groups in total. The number of imide groups is 1. The summed E-state index contributed by atoms with van der Waals surface area (Å²) < 4.78 is 27.8. The minimum atomic E-state index is -3.77. The number of sulfonamides is 1. The third-order valence-electron chi connectivity index (χ3n) is 5.19. The summed E-state index contributed by atoms with van der Waals surface area (Å²) in [6.07, 6.45) is 2.04. The molecule has 2 aromatic heterocycles. The molecule has 182 valence electrons. The van der Waals surface area contributed by atoms with Crippen molar-refractivity contribution in [3.8, 4) is 0 Å². The lowest BCUT2D eigenvalue weighted by Gasteiger charge is -2.14. The van der Waals surface area contributed by atoms with Gasteiger partial charge in [-0.25, -0.2) is 28.1 Å². The first-order valence-corrected chi connectivity index (χ1v) is 12.4. The minimum Gasteiger partial charge on any atom is -0.369 e. The molecule has 0 spiro atoms. The van der Waals surface area contributed by atoms with Crippen LogP contribution in [0.4, 0.5) is 23.1 Å². The average molecular weight is 496 g/mol. The highest BCUT2D eigenvalue weighted by Gasteiger charge is 2.30. The molecule has 3 heterocycles.